The van der Waals surface area contributed by atoms with Crippen molar-refractivity contribution in [1.82, 2.24) is 14.6 Å². The number of aliphatic hydroxyl groups excluding tert-OH is 1. The van der Waals surface area contributed by atoms with E-state index in [1.165, 1.54) is 4.91 Å². The molecule has 124 valence electrons. The smallest absolute Gasteiger partial charge is 0.154 e. The van der Waals surface area contributed by atoms with Gasteiger partial charge in [-0.25, -0.2) is 9.50 Å². The number of thioether (sulfide) groups is 1. The van der Waals surface area contributed by atoms with Gasteiger partial charge in [0.2, 0.25) is 0 Å². The second-order valence-corrected chi connectivity index (χ2v) is 6.88. The summed E-state index contributed by atoms with van der Waals surface area (Å²) in [4.78, 5) is 5.61. The van der Waals surface area contributed by atoms with E-state index >= 15 is 0 Å². The van der Waals surface area contributed by atoms with Gasteiger partial charge in [-0.3, -0.25) is 0 Å². The van der Waals surface area contributed by atoms with Gasteiger partial charge in [-0.15, -0.1) is 16.9 Å². The molecule has 0 aliphatic heterocycles. The van der Waals surface area contributed by atoms with Gasteiger partial charge in [-0.2, -0.15) is 0 Å². The van der Waals surface area contributed by atoms with Crippen molar-refractivity contribution in [2.45, 2.75) is 38.6 Å². The molecule has 0 amide bonds. The lowest BCUT2D eigenvalue weighted by molar-refractivity contribution is 0.185. The monoisotopic (exact) mass is 332 g/mol. The molecule has 0 saturated heterocycles. The molecule has 0 radical (unpaired) electrons. The number of anilines is 1. The second-order valence-electron chi connectivity index (χ2n) is 6.03. The highest BCUT2D eigenvalue weighted by Gasteiger charge is 2.21. The molecule has 1 saturated carbocycles. The highest BCUT2D eigenvalue weighted by molar-refractivity contribution is 8.07. The molecular weight excluding hydrogens is 308 g/mol. The van der Waals surface area contributed by atoms with Crippen LogP contribution in [0.25, 0.3) is 10.6 Å². The van der Waals surface area contributed by atoms with E-state index in [0.29, 0.717) is 18.6 Å². The Morgan fingerprint density at radius 1 is 1.39 bits per heavy atom. The Morgan fingerprint density at radius 2 is 2.17 bits per heavy atom. The molecule has 1 aliphatic carbocycles. The van der Waals surface area contributed by atoms with Crippen LogP contribution < -0.4 is 5.32 Å². The largest absolute Gasteiger partial charge is 0.396 e. The highest BCUT2D eigenvalue weighted by atomic mass is 32.2. The topological polar surface area (TPSA) is 62.5 Å². The Hall–Kier alpha value is -1.53. The first-order chi connectivity index (χ1) is 11.2. The summed E-state index contributed by atoms with van der Waals surface area (Å²) in [6, 6.07) is 4.45. The van der Waals surface area contributed by atoms with E-state index in [1.807, 2.05) is 29.8 Å². The zero-order valence-corrected chi connectivity index (χ0v) is 14.5. The highest BCUT2D eigenvalue weighted by Crippen LogP contribution is 2.27. The van der Waals surface area contributed by atoms with Crippen molar-refractivity contribution < 1.29 is 5.11 Å². The summed E-state index contributed by atoms with van der Waals surface area (Å²) in [7, 11) is 0. The van der Waals surface area contributed by atoms with Crippen molar-refractivity contribution in [2.24, 2.45) is 5.92 Å². The Kier molecular flexibility index (Phi) is 5.23. The molecule has 2 N–H and O–H groups in total. The number of hydrogen-bond acceptors (Lipinski definition) is 5. The molecule has 2 aromatic rings. The molecule has 0 atom stereocenters. The third-order valence-electron chi connectivity index (χ3n) is 4.55. The molecule has 0 unspecified atom stereocenters. The molecule has 1 aliphatic rings. The molecule has 23 heavy (non-hydrogen) atoms. The molecule has 2 heterocycles. The zero-order valence-electron chi connectivity index (χ0n) is 13.7. The van der Waals surface area contributed by atoms with E-state index in [1.54, 1.807) is 11.8 Å². The molecule has 0 bridgehead atoms. The number of fused-ring (bicyclic) bond motifs is 1. The molecule has 1 fully saturated rings. The summed E-state index contributed by atoms with van der Waals surface area (Å²) in [5, 5.41) is 17.5. The van der Waals surface area contributed by atoms with Gasteiger partial charge in [-0.05, 0) is 56.9 Å². The number of allylic oxidation sites excluding steroid dienone is 1. The number of nitrogens with zero attached hydrogens (tertiary/aromatic N) is 3. The van der Waals surface area contributed by atoms with Gasteiger partial charge in [0.1, 0.15) is 5.82 Å². The zero-order chi connectivity index (χ0) is 16.2. The molecule has 0 aromatic carbocycles. The van der Waals surface area contributed by atoms with E-state index < -0.39 is 0 Å². The van der Waals surface area contributed by atoms with Crippen LogP contribution in [0.2, 0.25) is 0 Å². The first-order valence-electron chi connectivity index (χ1n) is 8.18. The van der Waals surface area contributed by atoms with E-state index in [2.05, 4.69) is 22.6 Å². The summed E-state index contributed by atoms with van der Waals surface area (Å²) in [5.74, 6) is 1.36. The molecule has 5 nitrogen and oxygen atoms in total. The minimum atomic E-state index is 0.316. The van der Waals surface area contributed by atoms with Gasteiger partial charge < -0.3 is 10.4 Å². The van der Waals surface area contributed by atoms with Gasteiger partial charge in [0.05, 0.1) is 11.9 Å². The molecule has 0 spiro atoms. The van der Waals surface area contributed by atoms with Crippen molar-refractivity contribution in [2.75, 3.05) is 18.2 Å². The Bertz CT molecular complexity index is 689. The fourth-order valence-corrected chi connectivity index (χ4v) is 3.77. The van der Waals surface area contributed by atoms with Crippen LogP contribution in [0, 0.1) is 5.92 Å². The van der Waals surface area contributed by atoms with Crippen LogP contribution in [0.1, 0.15) is 38.3 Å². The van der Waals surface area contributed by atoms with Crippen LogP contribution in [0.15, 0.2) is 24.4 Å². The minimum Gasteiger partial charge on any atom is -0.396 e. The van der Waals surface area contributed by atoms with E-state index in [0.717, 1.165) is 42.8 Å². The first kappa shape index (κ1) is 16.3. The summed E-state index contributed by atoms with van der Waals surface area (Å²) >= 11 is 1.70. The summed E-state index contributed by atoms with van der Waals surface area (Å²) in [6.07, 6.45) is 10.4. The fourth-order valence-electron chi connectivity index (χ4n) is 3.19. The normalized spacial score (nSPS) is 22.5. The minimum absolute atomic E-state index is 0.316. The van der Waals surface area contributed by atoms with Crippen LogP contribution in [0.5, 0.6) is 0 Å². The predicted octanol–water partition coefficient (Wildman–Crippen LogP) is 3.42. The van der Waals surface area contributed by atoms with E-state index in [-0.39, 0.29) is 0 Å². The lowest BCUT2D eigenvalue weighted by atomic mass is 9.86. The van der Waals surface area contributed by atoms with Crippen LogP contribution in [0.4, 0.5) is 5.82 Å². The lowest BCUT2D eigenvalue weighted by Gasteiger charge is -2.28. The van der Waals surface area contributed by atoms with Gasteiger partial charge >= 0.3 is 0 Å². The third kappa shape index (κ3) is 3.53. The maximum absolute atomic E-state index is 9.24. The van der Waals surface area contributed by atoms with E-state index in [4.69, 9.17) is 5.10 Å². The SMILES string of the molecule is CC=C(SC)c1cnc2ccc(NC3CCC(CO)CC3)nn12. The number of aliphatic hydroxyl groups is 1. The summed E-state index contributed by atoms with van der Waals surface area (Å²) < 4.78 is 1.91. The van der Waals surface area contributed by atoms with Gasteiger partial charge in [0.15, 0.2) is 5.65 Å². The maximum atomic E-state index is 9.24. The number of imidazole rings is 1. The number of aromatic nitrogens is 3. The number of rotatable bonds is 5. The van der Waals surface area contributed by atoms with E-state index in [9.17, 15) is 5.11 Å². The first-order valence-corrected chi connectivity index (χ1v) is 9.40. The Balaban J connectivity index is 1.78. The average Bonchev–Trinajstić information content (AvgIpc) is 3.00. The Labute approximate surface area is 141 Å². The number of nitrogens with one attached hydrogen (secondary N) is 1. The molecule has 3 rings (SSSR count). The van der Waals surface area contributed by atoms with Crippen molar-refractivity contribution in [3.8, 4) is 0 Å². The Morgan fingerprint density at radius 3 is 2.83 bits per heavy atom. The third-order valence-corrected chi connectivity index (χ3v) is 5.44. The van der Waals surface area contributed by atoms with Gasteiger partial charge in [0, 0.05) is 17.6 Å². The van der Waals surface area contributed by atoms with Crippen LogP contribution in [-0.2, 0) is 0 Å². The standard InChI is InChI=1S/C17H24N4OS/c1-3-15(23-2)14-10-18-17-9-8-16(20-21(14)17)19-13-6-4-12(11-22)5-7-13/h3,8-10,12-13,22H,4-7,11H2,1-2H3,(H,19,20). The second kappa shape index (κ2) is 7.36. The van der Waals surface area contributed by atoms with Crippen LogP contribution in [-0.4, -0.2) is 38.6 Å². The lowest BCUT2D eigenvalue weighted by Crippen LogP contribution is -2.27. The average molecular weight is 332 g/mol. The van der Waals surface area contributed by atoms with Gasteiger partial charge in [0.25, 0.3) is 0 Å². The fraction of sp³-hybridized carbons (Fsp3) is 0.529. The number of hydrogen-bond donors (Lipinski definition) is 2. The molecular formula is C17H24N4OS. The van der Waals surface area contributed by atoms with Gasteiger partial charge in [-0.1, -0.05) is 6.08 Å². The molecule has 6 heteroatoms. The maximum Gasteiger partial charge on any atom is 0.154 e. The summed E-state index contributed by atoms with van der Waals surface area (Å²) in [6.45, 7) is 2.35. The van der Waals surface area contributed by atoms with Crippen molar-refractivity contribution >= 4 is 28.1 Å². The van der Waals surface area contributed by atoms with Crippen molar-refractivity contribution in [3.05, 3.63) is 30.1 Å². The summed E-state index contributed by atoms with van der Waals surface area (Å²) in [5.41, 5.74) is 1.89. The van der Waals surface area contributed by atoms with Crippen LogP contribution in [0.3, 0.4) is 0 Å². The van der Waals surface area contributed by atoms with Crippen LogP contribution >= 0.6 is 11.8 Å². The predicted molar refractivity (Wildman–Crippen MR) is 96.6 cm³/mol. The van der Waals surface area contributed by atoms with Crippen molar-refractivity contribution in [1.29, 1.82) is 0 Å². The molecule has 2 aromatic heterocycles. The van der Waals surface area contributed by atoms with Crippen molar-refractivity contribution in [3.63, 3.8) is 0 Å². The quantitative estimate of drug-likeness (QED) is 0.878.